The Bertz CT molecular complexity index is 495. The number of nitrogens with zero attached hydrogens (tertiary/aromatic N) is 1. The molecule has 100 valence electrons. The summed E-state index contributed by atoms with van der Waals surface area (Å²) >= 11 is 0. The van der Waals surface area contributed by atoms with Gasteiger partial charge in [0.25, 0.3) is 0 Å². The largest absolute Gasteiger partial charge is 0.490 e. The standard InChI is InChI=1S/C16H19NO2/c18-12-17-16(10-3-4-11-16)14-8-1-2-9-15(14)19-13-6-5-7-13/h1-2,8-9,13H,3-7,10-11H2. The molecular weight excluding hydrogens is 238 g/mol. The molecule has 0 N–H and O–H groups in total. The highest BCUT2D eigenvalue weighted by molar-refractivity contribution is 5.44. The Morgan fingerprint density at radius 2 is 1.89 bits per heavy atom. The maximum Gasteiger partial charge on any atom is 0.235 e. The van der Waals surface area contributed by atoms with E-state index >= 15 is 0 Å². The lowest BCUT2D eigenvalue weighted by Gasteiger charge is -2.31. The number of carbonyl (C=O) groups excluding carboxylic acids is 1. The fourth-order valence-corrected chi connectivity index (χ4v) is 3.11. The normalized spacial score (nSPS) is 21.5. The fourth-order valence-electron chi connectivity index (χ4n) is 3.11. The van der Waals surface area contributed by atoms with Crippen molar-refractivity contribution < 1.29 is 9.53 Å². The smallest absolute Gasteiger partial charge is 0.235 e. The van der Waals surface area contributed by atoms with Crippen molar-refractivity contribution >= 4 is 6.08 Å². The molecule has 19 heavy (non-hydrogen) atoms. The van der Waals surface area contributed by atoms with Gasteiger partial charge >= 0.3 is 0 Å². The van der Waals surface area contributed by atoms with Crippen molar-refractivity contribution in [2.24, 2.45) is 4.99 Å². The van der Waals surface area contributed by atoms with Gasteiger partial charge in [0.2, 0.25) is 6.08 Å². The Labute approximate surface area is 113 Å². The van der Waals surface area contributed by atoms with Crippen LogP contribution in [0.3, 0.4) is 0 Å². The average Bonchev–Trinajstić information content (AvgIpc) is 2.84. The van der Waals surface area contributed by atoms with Crippen molar-refractivity contribution in [3.8, 4) is 5.75 Å². The highest BCUT2D eigenvalue weighted by Gasteiger charge is 2.38. The zero-order valence-electron chi connectivity index (χ0n) is 11.1. The predicted octanol–water partition coefficient (Wildman–Crippen LogP) is 3.72. The lowest BCUT2D eigenvalue weighted by Crippen LogP contribution is -2.27. The van der Waals surface area contributed by atoms with Crippen LogP contribution in [0.25, 0.3) is 0 Å². The van der Waals surface area contributed by atoms with E-state index in [9.17, 15) is 4.79 Å². The number of isocyanates is 1. The van der Waals surface area contributed by atoms with Gasteiger partial charge in [-0.25, -0.2) is 4.79 Å². The summed E-state index contributed by atoms with van der Waals surface area (Å²) in [6.07, 6.45) is 9.73. The van der Waals surface area contributed by atoms with Gasteiger partial charge in [0.05, 0.1) is 6.10 Å². The Balaban J connectivity index is 1.95. The van der Waals surface area contributed by atoms with Crippen LogP contribution in [0.15, 0.2) is 29.3 Å². The molecule has 3 rings (SSSR count). The van der Waals surface area contributed by atoms with Crippen LogP contribution in [-0.4, -0.2) is 12.2 Å². The van der Waals surface area contributed by atoms with Crippen molar-refractivity contribution in [1.29, 1.82) is 0 Å². The number of para-hydroxylation sites is 1. The molecule has 1 aromatic rings. The molecule has 0 unspecified atom stereocenters. The molecule has 0 bridgehead atoms. The second-order valence-electron chi connectivity index (χ2n) is 5.61. The predicted molar refractivity (Wildman–Crippen MR) is 73.0 cm³/mol. The molecule has 2 fully saturated rings. The van der Waals surface area contributed by atoms with Gasteiger partial charge in [-0.3, -0.25) is 0 Å². The second-order valence-corrected chi connectivity index (χ2v) is 5.61. The van der Waals surface area contributed by atoms with Crippen LogP contribution in [0.2, 0.25) is 0 Å². The molecule has 0 aromatic heterocycles. The summed E-state index contributed by atoms with van der Waals surface area (Å²) in [5, 5.41) is 0. The van der Waals surface area contributed by atoms with Crippen LogP contribution in [0, 0.1) is 0 Å². The number of hydrogen-bond acceptors (Lipinski definition) is 3. The van der Waals surface area contributed by atoms with Gasteiger partial charge in [-0.15, -0.1) is 0 Å². The van der Waals surface area contributed by atoms with E-state index in [2.05, 4.69) is 11.1 Å². The summed E-state index contributed by atoms with van der Waals surface area (Å²) < 4.78 is 6.08. The second kappa shape index (κ2) is 5.18. The van der Waals surface area contributed by atoms with Gasteiger partial charge in [-0.1, -0.05) is 31.0 Å². The van der Waals surface area contributed by atoms with Crippen molar-refractivity contribution in [3.05, 3.63) is 29.8 Å². The summed E-state index contributed by atoms with van der Waals surface area (Å²) in [5.74, 6) is 0.910. The first kappa shape index (κ1) is 12.4. The van der Waals surface area contributed by atoms with Gasteiger partial charge in [-0.2, -0.15) is 4.99 Å². The number of ether oxygens (including phenoxy) is 1. The molecule has 3 heteroatoms. The van der Waals surface area contributed by atoms with E-state index in [0.29, 0.717) is 6.10 Å². The summed E-state index contributed by atoms with van der Waals surface area (Å²) in [6.45, 7) is 0. The van der Waals surface area contributed by atoms with E-state index in [0.717, 1.165) is 49.8 Å². The molecule has 0 atom stereocenters. The Morgan fingerprint density at radius 1 is 1.16 bits per heavy atom. The van der Waals surface area contributed by atoms with E-state index < -0.39 is 0 Å². The summed E-state index contributed by atoms with van der Waals surface area (Å²) in [6, 6.07) is 8.06. The number of rotatable bonds is 4. The Hall–Kier alpha value is -1.60. The van der Waals surface area contributed by atoms with Crippen molar-refractivity contribution in [2.45, 2.75) is 56.6 Å². The van der Waals surface area contributed by atoms with E-state index in [1.165, 1.54) is 6.42 Å². The van der Waals surface area contributed by atoms with Gasteiger partial charge in [-0.05, 0) is 38.2 Å². The minimum atomic E-state index is -0.387. The third-order valence-electron chi connectivity index (χ3n) is 4.42. The van der Waals surface area contributed by atoms with Gasteiger partial charge in [0, 0.05) is 5.56 Å². The molecule has 2 aliphatic rings. The molecule has 0 spiro atoms. The van der Waals surface area contributed by atoms with E-state index in [1.807, 2.05) is 18.2 Å². The zero-order chi connectivity index (χ0) is 13.1. The maximum absolute atomic E-state index is 10.8. The molecule has 0 saturated heterocycles. The van der Waals surface area contributed by atoms with E-state index in [-0.39, 0.29) is 5.54 Å². The first-order valence-corrected chi connectivity index (χ1v) is 7.19. The van der Waals surface area contributed by atoms with Crippen molar-refractivity contribution in [2.75, 3.05) is 0 Å². The Morgan fingerprint density at radius 3 is 2.53 bits per heavy atom. The summed E-state index contributed by atoms with van der Waals surface area (Å²) in [7, 11) is 0. The monoisotopic (exact) mass is 257 g/mol. The quantitative estimate of drug-likeness (QED) is 0.609. The maximum atomic E-state index is 10.8. The lowest BCUT2D eigenvalue weighted by atomic mass is 9.88. The summed E-state index contributed by atoms with van der Waals surface area (Å²) in [5.41, 5.74) is 0.685. The number of aliphatic imine (C=N–C) groups is 1. The first-order chi connectivity index (χ1) is 9.34. The highest BCUT2D eigenvalue weighted by atomic mass is 16.5. The van der Waals surface area contributed by atoms with Crippen LogP contribution in [0.5, 0.6) is 5.75 Å². The number of benzene rings is 1. The van der Waals surface area contributed by atoms with Crippen LogP contribution in [0.4, 0.5) is 0 Å². The van der Waals surface area contributed by atoms with E-state index in [1.54, 1.807) is 6.08 Å². The molecule has 2 aliphatic carbocycles. The fraction of sp³-hybridized carbons (Fsp3) is 0.562. The van der Waals surface area contributed by atoms with E-state index in [4.69, 9.17) is 4.74 Å². The average molecular weight is 257 g/mol. The van der Waals surface area contributed by atoms with Crippen molar-refractivity contribution in [1.82, 2.24) is 0 Å². The molecule has 0 radical (unpaired) electrons. The van der Waals surface area contributed by atoms with Gasteiger partial charge in [0.15, 0.2) is 0 Å². The minimum Gasteiger partial charge on any atom is -0.490 e. The van der Waals surface area contributed by atoms with Crippen LogP contribution < -0.4 is 4.74 Å². The molecule has 0 aliphatic heterocycles. The lowest BCUT2D eigenvalue weighted by molar-refractivity contribution is 0.117. The number of hydrogen-bond donors (Lipinski definition) is 0. The van der Waals surface area contributed by atoms with Crippen LogP contribution in [0.1, 0.15) is 50.5 Å². The van der Waals surface area contributed by atoms with Gasteiger partial charge in [0.1, 0.15) is 11.3 Å². The molecular formula is C16H19NO2. The van der Waals surface area contributed by atoms with Crippen LogP contribution in [-0.2, 0) is 10.3 Å². The topological polar surface area (TPSA) is 38.7 Å². The third kappa shape index (κ3) is 2.31. The molecule has 0 amide bonds. The SMILES string of the molecule is O=C=NC1(c2ccccc2OC2CCC2)CCCC1. The van der Waals surface area contributed by atoms with Gasteiger partial charge < -0.3 is 4.74 Å². The molecule has 2 saturated carbocycles. The molecule has 0 heterocycles. The third-order valence-corrected chi connectivity index (χ3v) is 4.42. The highest BCUT2D eigenvalue weighted by Crippen LogP contribution is 2.46. The van der Waals surface area contributed by atoms with Crippen molar-refractivity contribution in [3.63, 3.8) is 0 Å². The van der Waals surface area contributed by atoms with Crippen LogP contribution >= 0.6 is 0 Å². The minimum absolute atomic E-state index is 0.347. The molecule has 3 nitrogen and oxygen atoms in total. The Kier molecular flexibility index (Phi) is 3.39. The zero-order valence-corrected chi connectivity index (χ0v) is 11.1. The summed E-state index contributed by atoms with van der Waals surface area (Å²) in [4.78, 5) is 15.0. The molecule has 1 aromatic carbocycles. The first-order valence-electron chi connectivity index (χ1n) is 7.19.